The number of aromatic nitrogens is 1. The fourth-order valence-corrected chi connectivity index (χ4v) is 7.40. The molecule has 0 radical (unpaired) electrons. The van der Waals surface area contributed by atoms with Crippen molar-refractivity contribution in [2.75, 3.05) is 19.8 Å². The summed E-state index contributed by atoms with van der Waals surface area (Å²) in [6.07, 6.45) is 3.92. The van der Waals surface area contributed by atoms with Gasteiger partial charge in [-0.05, 0) is 86.5 Å². The van der Waals surface area contributed by atoms with E-state index in [-0.39, 0.29) is 23.4 Å². The number of nitrogens with two attached hydrogens (primary N) is 1. The standard InChI is InChI=1S/C28H35N3O5/c1-27-13-22(32)16-11-19-24(33)25(34)21(31(2)3)12-28(19,35)9-8-15(16)18(27)6-5-17(27)14-4-7-20-23(10-14)36-26(29)30-20/h4-5,7,10-11,18,21-22,24-25,32-35H,6,8-9,12-13H2,1-3H3,(H2,29,30)/t18?,21-,22?,24+,25+,27+,28+/m0/s1. The van der Waals surface area contributed by atoms with E-state index in [1.807, 2.05) is 37.2 Å². The molecule has 8 nitrogen and oxygen atoms in total. The van der Waals surface area contributed by atoms with E-state index < -0.39 is 23.9 Å². The van der Waals surface area contributed by atoms with Gasteiger partial charge in [0.15, 0.2) is 5.58 Å². The van der Waals surface area contributed by atoms with Gasteiger partial charge in [0, 0.05) is 11.5 Å². The SMILES string of the molecule is CN(C)[C@H]1C[C@]2(O)CCC3=C(C=C2[C@@H](O)[C@@H]1O)C(O)C[C@]1(C)C(c2ccc4nc(N)oc4c2)=CCC31. The van der Waals surface area contributed by atoms with Crippen LogP contribution in [-0.2, 0) is 0 Å². The minimum atomic E-state index is -1.23. The van der Waals surface area contributed by atoms with Crippen LogP contribution < -0.4 is 5.73 Å². The van der Waals surface area contributed by atoms with Gasteiger partial charge in [-0.1, -0.05) is 30.7 Å². The number of likely N-dealkylation sites (N-methyl/N-ethyl adjacent to an activating group) is 1. The van der Waals surface area contributed by atoms with Gasteiger partial charge in [-0.3, -0.25) is 0 Å². The predicted molar refractivity (Wildman–Crippen MR) is 137 cm³/mol. The first-order valence-electron chi connectivity index (χ1n) is 12.8. The molecule has 8 heteroatoms. The molecule has 1 aromatic heterocycles. The Balaban J connectivity index is 1.37. The lowest BCUT2D eigenvalue weighted by molar-refractivity contribution is -0.0922. The Morgan fingerprint density at radius 1 is 1.17 bits per heavy atom. The maximum Gasteiger partial charge on any atom is 0.292 e. The van der Waals surface area contributed by atoms with Crippen molar-refractivity contribution in [3.05, 3.63) is 52.6 Å². The summed E-state index contributed by atoms with van der Waals surface area (Å²) < 4.78 is 5.57. The minimum Gasteiger partial charge on any atom is -0.424 e. The molecule has 0 spiro atoms. The van der Waals surface area contributed by atoms with E-state index in [4.69, 9.17) is 10.2 Å². The van der Waals surface area contributed by atoms with Crippen LogP contribution in [0.25, 0.3) is 16.7 Å². The number of nitrogen functional groups attached to an aromatic ring is 1. The highest BCUT2D eigenvalue weighted by Gasteiger charge is 2.53. The second kappa shape index (κ2) is 8.00. The highest BCUT2D eigenvalue weighted by Crippen LogP contribution is 2.60. The number of aliphatic hydroxyl groups is 4. The zero-order valence-corrected chi connectivity index (χ0v) is 21.0. The van der Waals surface area contributed by atoms with Gasteiger partial charge in [0.1, 0.15) is 11.6 Å². The van der Waals surface area contributed by atoms with Gasteiger partial charge in [-0.25, -0.2) is 0 Å². The van der Waals surface area contributed by atoms with Crippen molar-refractivity contribution < 1.29 is 24.8 Å². The average Bonchev–Trinajstić information content (AvgIpc) is 3.30. The fourth-order valence-electron chi connectivity index (χ4n) is 7.40. The number of benzene rings is 1. The van der Waals surface area contributed by atoms with Crippen molar-refractivity contribution in [1.82, 2.24) is 9.88 Å². The number of nitrogens with zero attached hydrogens (tertiary/aromatic N) is 2. The molecule has 0 aliphatic heterocycles. The lowest BCUT2D eigenvalue weighted by atomic mass is 9.61. The van der Waals surface area contributed by atoms with Crippen molar-refractivity contribution >= 4 is 22.7 Å². The van der Waals surface area contributed by atoms with Crippen LogP contribution in [0.15, 0.2) is 51.5 Å². The lowest BCUT2D eigenvalue weighted by Gasteiger charge is -2.46. The zero-order valence-electron chi connectivity index (χ0n) is 21.0. The highest BCUT2D eigenvalue weighted by molar-refractivity contribution is 5.83. The number of rotatable bonds is 2. The Morgan fingerprint density at radius 2 is 1.94 bits per heavy atom. The van der Waals surface area contributed by atoms with E-state index in [9.17, 15) is 20.4 Å². The van der Waals surface area contributed by atoms with Gasteiger partial charge in [0.2, 0.25) is 0 Å². The molecule has 7 atom stereocenters. The normalized spacial score (nSPS) is 38.4. The molecule has 36 heavy (non-hydrogen) atoms. The predicted octanol–water partition coefficient (Wildman–Crippen LogP) is 2.39. The molecule has 192 valence electrons. The summed E-state index contributed by atoms with van der Waals surface area (Å²) >= 11 is 0. The molecule has 1 heterocycles. The molecule has 2 unspecified atom stereocenters. The topological polar surface area (TPSA) is 136 Å². The van der Waals surface area contributed by atoms with Gasteiger partial charge in [-0.2, -0.15) is 4.98 Å². The number of hydrogen-bond donors (Lipinski definition) is 5. The number of aliphatic hydroxyl groups excluding tert-OH is 3. The van der Waals surface area contributed by atoms with Gasteiger partial charge >= 0.3 is 0 Å². The van der Waals surface area contributed by atoms with Gasteiger partial charge in [0.05, 0.1) is 17.8 Å². The van der Waals surface area contributed by atoms with Crippen LogP contribution >= 0.6 is 0 Å². The third kappa shape index (κ3) is 3.35. The van der Waals surface area contributed by atoms with Crippen molar-refractivity contribution in [2.24, 2.45) is 11.3 Å². The first kappa shape index (κ1) is 23.9. The number of anilines is 1. The molecule has 0 saturated heterocycles. The highest BCUT2D eigenvalue weighted by atomic mass is 16.4. The molecule has 4 aliphatic rings. The minimum absolute atomic E-state index is 0.143. The Kier molecular flexibility index (Phi) is 5.31. The fraction of sp³-hybridized carbons (Fsp3) is 0.536. The van der Waals surface area contributed by atoms with Crippen molar-refractivity contribution in [2.45, 2.75) is 69.0 Å². The molecule has 6 N–H and O–H groups in total. The monoisotopic (exact) mass is 493 g/mol. The summed E-state index contributed by atoms with van der Waals surface area (Å²) in [5.41, 5.74) is 10.2. The van der Waals surface area contributed by atoms with Gasteiger partial charge in [-0.15, -0.1) is 0 Å². The Morgan fingerprint density at radius 3 is 2.69 bits per heavy atom. The number of oxazole rings is 1. The van der Waals surface area contributed by atoms with E-state index in [0.29, 0.717) is 42.4 Å². The van der Waals surface area contributed by atoms with Crippen molar-refractivity contribution in [3.8, 4) is 0 Å². The molecule has 1 aromatic carbocycles. The number of hydrogen-bond acceptors (Lipinski definition) is 8. The summed E-state index contributed by atoms with van der Waals surface area (Å²) in [4.78, 5) is 6.06. The number of allylic oxidation sites excluding steroid dienone is 3. The third-order valence-electron chi connectivity index (χ3n) is 9.33. The molecule has 2 aromatic rings. The Hall–Kier alpha value is -2.49. The summed E-state index contributed by atoms with van der Waals surface area (Å²) in [6, 6.07) is 5.71. The van der Waals surface area contributed by atoms with E-state index in [1.165, 1.54) is 5.57 Å². The Labute approximate surface area is 210 Å². The van der Waals surface area contributed by atoms with E-state index in [2.05, 4.69) is 18.0 Å². The summed E-state index contributed by atoms with van der Waals surface area (Å²) in [7, 11) is 3.70. The molecular formula is C28H35N3O5. The van der Waals surface area contributed by atoms with Crippen LogP contribution in [0, 0.1) is 11.3 Å². The second-order valence-electron chi connectivity index (χ2n) is 11.6. The molecule has 1 saturated carbocycles. The molecular weight excluding hydrogens is 458 g/mol. The van der Waals surface area contributed by atoms with Crippen LogP contribution in [-0.4, -0.2) is 74.4 Å². The summed E-state index contributed by atoms with van der Waals surface area (Å²) in [5, 5.41) is 45.0. The van der Waals surface area contributed by atoms with Crippen LogP contribution in [0.4, 0.5) is 6.01 Å². The van der Waals surface area contributed by atoms with Gasteiger partial charge in [0.25, 0.3) is 6.01 Å². The van der Waals surface area contributed by atoms with E-state index in [0.717, 1.165) is 23.1 Å². The van der Waals surface area contributed by atoms with Crippen molar-refractivity contribution in [1.29, 1.82) is 0 Å². The maximum atomic E-state index is 11.7. The summed E-state index contributed by atoms with van der Waals surface area (Å²) in [5.74, 6) is 0.175. The first-order chi connectivity index (χ1) is 17.0. The lowest BCUT2D eigenvalue weighted by Crippen LogP contribution is -2.58. The molecule has 4 aliphatic carbocycles. The average molecular weight is 494 g/mol. The first-order valence-corrected chi connectivity index (χ1v) is 12.8. The van der Waals surface area contributed by atoms with Crippen LogP contribution in [0.1, 0.15) is 44.6 Å². The molecule has 6 rings (SSSR count). The quantitative estimate of drug-likeness (QED) is 0.430. The van der Waals surface area contributed by atoms with Crippen LogP contribution in [0.5, 0.6) is 0 Å². The molecule has 1 fully saturated rings. The van der Waals surface area contributed by atoms with E-state index >= 15 is 0 Å². The molecule has 0 amide bonds. The number of fused-ring (bicyclic) bond motifs is 4. The van der Waals surface area contributed by atoms with Gasteiger partial charge < -0.3 is 35.5 Å². The van der Waals surface area contributed by atoms with Crippen molar-refractivity contribution in [3.63, 3.8) is 0 Å². The largest absolute Gasteiger partial charge is 0.424 e. The van der Waals surface area contributed by atoms with E-state index in [1.54, 1.807) is 6.08 Å². The maximum absolute atomic E-state index is 11.7. The smallest absolute Gasteiger partial charge is 0.292 e. The van der Waals surface area contributed by atoms with Crippen LogP contribution in [0.3, 0.4) is 0 Å². The summed E-state index contributed by atoms with van der Waals surface area (Å²) in [6.45, 7) is 2.21. The molecule has 0 bridgehead atoms. The van der Waals surface area contributed by atoms with Crippen LogP contribution in [0.2, 0.25) is 0 Å². The zero-order chi connectivity index (χ0) is 25.6. The second-order valence-corrected chi connectivity index (χ2v) is 11.6. The third-order valence-corrected chi connectivity index (χ3v) is 9.33. The Bertz CT molecular complexity index is 1330.